The maximum Gasteiger partial charge on any atom is 0.407 e. The first-order valence-electron chi connectivity index (χ1n) is 16.3. The summed E-state index contributed by atoms with van der Waals surface area (Å²) in [6.45, 7) is 9.34. The van der Waals surface area contributed by atoms with Crippen LogP contribution in [-0.4, -0.2) is 92.3 Å². The topological polar surface area (TPSA) is 123 Å². The lowest BCUT2D eigenvalue weighted by atomic mass is 9.82. The van der Waals surface area contributed by atoms with Gasteiger partial charge in [-0.1, -0.05) is 56.5 Å². The van der Waals surface area contributed by atoms with E-state index in [1.54, 1.807) is 45.2 Å². The number of carboxylic acid groups (broad SMARTS) is 1. The summed E-state index contributed by atoms with van der Waals surface area (Å²) in [4.78, 5) is 63.9. The fourth-order valence-electron chi connectivity index (χ4n) is 7.07. The quantitative estimate of drug-likeness (QED) is 0.362. The fourth-order valence-corrected chi connectivity index (χ4v) is 7.98. The van der Waals surface area contributed by atoms with E-state index >= 15 is 0 Å². The van der Waals surface area contributed by atoms with E-state index in [2.05, 4.69) is 10.2 Å². The highest BCUT2D eigenvalue weighted by atomic mass is 32.1. The van der Waals surface area contributed by atoms with E-state index in [0.29, 0.717) is 24.3 Å². The molecule has 244 valence electrons. The average molecular weight is 638 g/mol. The van der Waals surface area contributed by atoms with E-state index in [0.717, 1.165) is 56.5 Å². The number of nitrogens with zero attached hydrogens (tertiary/aromatic N) is 4. The van der Waals surface area contributed by atoms with Crippen molar-refractivity contribution in [2.24, 2.45) is 11.8 Å². The van der Waals surface area contributed by atoms with E-state index in [1.165, 1.54) is 16.2 Å². The van der Waals surface area contributed by atoms with Gasteiger partial charge in [-0.2, -0.15) is 0 Å². The Morgan fingerprint density at radius 1 is 1.04 bits per heavy atom. The molecule has 2 saturated heterocycles. The van der Waals surface area contributed by atoms with Gasteiger partial charge >= 0.3 is 6.09 Å². The van der Waals surface area contributed by atoms with Gasteiger partial charge < -0.3 is 20.2 Å². The SMILES string of the molecule is C[C@@H](CN(C(=O)O)C(C)(C)C)C(=O)N[C@H](C(=O)N1C[C@H]2CCCN2C[C@H]1c1nc(C(=O)c2ccccc2)cs1)C1CCCCC1. The van der Waals surface area contributed by atoms with Crippen molar-refractivity contribution in [2.75, 3.05) is 26.2 Å². The molecule has 3 amide bonds. The van der Waals surface area contributed by atoms with Crippen LogP contribution in [0.5, 0.6) is 0 Å². The predicted octanol–water partition coefficient (Wildman–Crippen LogP) is 5.20. The number of nitrogens with one attached hydrogen (secondary N) is 1. The van der Waals surface area contributed by atoms with Crippen LogP contribution in [0.15, 0.2) is 35.7 Å². The van der Waals surface area contributed by atoms with Crippen molar-refractivity contribution in [1.29, 1.82) is 0 Å². The monoisotopic (exact) mass is 637 g/mol. The highest BCUT2D eigenvalue weighted by molar-refractivity contribution is 7.10. The van der Waals surface area contributed by atoms with Crippen molar-refractivity contribution in [3.05, 3.63) is 52.0 Å². The first kappa shape index (κ1) is 33.1. The summed E-state index contributed by atoms with van der Waals surface area (Å²) in [6.07, 6.45) is 5.85. The van der Waals surface area contributed by atoms with Crippen LogP contribution in [0.25, 0.3) is 0 Å². The summed E-state index contributed by atoms with van der Waals surface area (Å²) in [5.41, 5.74) is 0.291. The molecule has 0 radical (unpaired) electrons. The Bertz CT molecular complexity index is 1370. The molecule has 0 unspecified atom stereocenters. The molecule has 10 nitrogen and oxygen atoms in total. The zero-order valence-electron chi connectivity index (χ0n) is 26.9. The van der Waals surface area contributed by atoms with Crippen LogP contribution in [0.1, 0.15) is 99.7 Å². The predicted molar refractivity (Wildman–Crippen MR) is 173 cm³/mol. The van der Waals surface area contributed by atoms with Crippen molar-refractivity contribution in [3.63, 3.8) is 0 Å². The molecule has 45 heavy (non-hydrogen) atoms. The third kappa shape index (κ3) is 7.57. The molecular formula is C34H47N5O5S. The number of carbonyl (C=O) groups excluding carboxylic acids is 3. The number of aromatic nitrogens is 1. The molecule has 4 atom stereocenters. The summed E-state index contributed by atoms with van der Waals surface area (Å²) in [7, 11) is 0. The highest BCUT2D eigenvalue weighted by Gasteiger charge is 2.44. The Morgan fingerprint density at radius 3 is 2.42 bits per heavy atom. The van der Waals surface area contributed by atoms with E-state index in [1.807, 2.05) is 23.1 Å². The van der Waals surface area contributed by atoms with Crippen LogP contribution in [0.3, 0.4) is 0 Å². The number of ketones is 1. The summed E-state index contributed by atoms with van der Waals surface area (Å²) in [5.74, 6) is -1.18. The van der Waals surface area contributed by atoms with Gasteiger partial charge in [0, 0.05) is 42.2 Å². The fraction of sp³-hybridized carbons (Fsp3) is 0.618. The molecule has 3 fully saturated rings. The van der Waals surface area contributed by atoms with Gasteiger partial charge in [0.25, 0.3) is 0 Å². The lowest BCUT2D eigenvalue weighted by Crippen LogP contribution is -2.60. The summed E-state index contributed by atoms with van der Waals surface area (Å²) < 4.78 is 0. The van der Waals surface area contributed by atoms with Gasteiger partial charge in [-0.05, 0) is 58.9 Å². The van der Waals surface area contributed by atoms with Crippen molar-refractivity contribution >= 4 is 35.0 Å². The highest BCUT2D eigenvalue weighted by Crippen LogP contribution is 2.36. The Kier molecular flexibility index (Phi) is 10.3. The molecule has 0 spiro atoms. The molecule has 1 aliphatic carbocycles. The third-order valence-corrected chi connectivity index (χ3v) is 10.6. The van der Waals surface area contributed by atoms with Crippen molar-refractivity contribution in [3.8, 4) is 0 Å². The summed E-state index contributed by atoms with van der Waals surface area (Å²) in [5, 5.41) is 15.4. The first-order valence-corrected chi connectivity index (χ1v) is 17.2. The average Bonchev–Trinajstić information content (AvgIpc) is 3.71. The minimum atomic E-state index is -1.08. The molecule has 2 N–H and O–H groups in total. The van der Waals surface area contributed by atoms with Crippen LogP contribution in [-0.2, 0) is 9.59 Å². The number of benzene rings is 1. The van der Waals surface area contributed by atoms with Gasteiger partial charge in [0.2, 0.25) is 17.6 Å². The maximum absolute atomic E-state index is 14.7. The van der Waals surface area contributed by atoms with Gasteiger partial charge in [0.1, 0.15) is 16.7 Å². The minimum absolute atomic E-state index is 0.00867. The Hall–Kier alpha value is -3.31. The minimum Gasteiger partial charge on any atom is -0.465 e. The van der Waals surface area contributed by atoms with Gasteiger partial charge in [0.15, 0.2) is 0 Å². The first-order chi connectivity index (χ1) is 21.4. The van der Waals surface area contributed by atoms with Crippen molar-refractivity contribution in [2.45, 2.75) is 96.3 Å². The zero-order chi connectivity index (χ0) is 32.3. The molecule has 5 rings (SSSR count). The third-order valence-electron chi connectivity index (χ3n) is 9.68. The van der Waals surface area contributed by atoms with E-state index in [-0.39, 0.29) is 42.1 Å². The largest absolute Gasteiger partial charge is 0.465 e. The number of hydrogen-bond donors (Lipinski definition) is 2. The molecule has 3 heterocycles. The van der Waals surface area contributed by atoms with Crippen LogP contribution in [0.2, 0.25) is 0 Å². The normalized spacial score (nSPS) is 22.4. The molecule has 11 heteroatoms. The van der Waals surface area contributed by atoms with Crippen molar-refractivity contribution in [1.82, 2.24) is 25.0 Å². The number of carbonyl (C=O) groups is 4. The van der Waals surface area contributed by atoms with Crippen LogP contribution in [0.4, 0.5) is 4.79 Å². The number of piperazine rings is 1. The molecular weight excluding hydrogens is 590 g/mol. The second kappa shape index (κ2) is 14.0. The Morgan fingerprint density at radius 2 is 1.76 bits per heavy atom. The number of thiazole rings is 1. The number of rotatable bonds is 9. The second-order valence-electron chi connectivity index (χ2n) is 13.9. The summed E-state index contributed by atoms with van der Waals surface area (Å²) >= 11 is 1.41. The summed E-state index contributed by atoms with van der Waals surface area (Å²) in [6, 6.07) is 8.33. The lowest BCUT2D eigenvalue weighted by molar-refractivity contribution is -0.144. The standard InChI is InChI=1S/C34H47N5O5S/c1-22(18-39(33(43)44)34(2,3)4)30(41)36-28(23-12-7-5-8-13-23)32(42)38-19-25-16-11-17-37(25)20-27(38)31-35-26(21-45-31)29(40)24-14-9-6-10-15-24/h6,9-10,14-15,21-23,25,27-28H,5,7-8,11-13,16-20H2,1-4H3,(H,36,41)(H,43,44)/t22-,25+,27-,28-/m0/s1. The molecule has 1 aromatic heterocycles. The lowest BCUT2D eigenvalue weighted by Gasteiger charge is -2.45. The van der Waals surface area contributed by atoms with E-state index in [9.17, 15) is 24.3 Å². The second-order valence-corrected chi connectivity index (χ2v) is 14.8. The Balaban J connectivity index is 1.40. The van der Waals surface area contributed by atoms with Crippen molar-refractivity contribution < 1.29 is 24.3 Å². The number of hydrogen-bond acceptors (Lipinski definition) is 7. The molecule has 0 bridgehead atoms. The Labute approximate surface area is 270 Å². The zero-order valence-corrected chi connectivity index (χ0v) is 27.7. The van der Waals surface area contributed by atoms with Crippen LogP contribution < -0.4 is 5.32 Å². The van der Waals surface area contributed by atoms with E-state index in [4.69, 9.17) is 4.98 Å². The van der Waals surface area contributed by atoms with E-state index < -0.39 is 23.6 Å². The van der Waals surface area contributed by atoms with Gasteiger partial charge in [-0.25, -0.2) is 9.78 Å². The van der Waals surface area contributed by atoms with Crippen LogP contribution in [0, 0.1) is 11.8 Å². The molecule has 3 aliphatic rings. The van der Waals surface area contributed by atoms with Gasteiger partial charge in [0.05, 0.1) is 12.0 Å². The number of fused-ring (bicyclic) bond motifs is 1. The van der Waals surface area contributed by atoms with Gasteiger partial charge in [-0.15, -0.1) is 11.3 Å². The molecule has 1 saturated carbocycles. The van der Waals surface area contributed by atoms with Crippen LogP contribution >= 0.6 is 11.3 Å². The molecule has 2 aromatic rings. The smallest absolute Gasteiger partial charge is 0.407 e. The number of amides is 3. The molecule has 1 aromatic carbocycles. The van der Waals surface area contributed by atoms with Gasteiger partial charge in [-0.3, -0.25) is 19.3 Å². The molecule has 2 aliphatic heterocycles. The maximum atomic E-state index is 14.7.